The molecule has 0 aromatic heterocycles. The number of aliphatic hydroxyl groups is 1. The topological polar surface area (TPSA) is 82.1 Å². The fraction of sp³-hybridized carbons (Fsp3) is 0.562. The quantitative estimate of drug-likeness (QED) is 0.490. The van der Waals surface area contributed by atoms with Crippen LogP contribution >= 0.6 is 7.60 Å². The lowest BCUT2D eigenvalue weighted by molar-refractivity contribution is 0.0427. The van der Waals surface area contributed by atoms with Gasteiger partial charge in [-0.2, -0.15) is 0 Å². The van der Waals surface area contributed by atoms with Crippen molar-refractivity contribution in [3.05, 3.63) is 35.9 Å². The Morgan fingerprint density at radius 1 is 1.13 bits per heavy atom. The molecule has 6 nitrogen and oxygen atoms in total. The van der Waals surface area contributed by atoms with Crippen LogP contribution in [0.5, 0.6) is 0 Å². The molecule has 0 bridgehead atoms. The number of esters is 1. The van der Waals surface area contributed by atoms with E-state index in [9.17, 15) is 14.5 Å². The third kappa shape index (κ3) is 7.75. The van der Waals surface area contributed by atoms with E-state index in [0.29, 0.717) is 18.8 Å². The maximum atomic E-state index is 12.2. The first-order valence-corrected chi connectivity index (χ1v) is 9.52. The minimum absolute atomic E-state index is 0.0997. The second kappa shape index (κ2) is 10.6. The number of hydrogen-bond donors (Lipinski definition) is 1. The lowest BCUT2D eigenvalue weighted by atomic mass is 10.2. The van der Waals surface area contributed by atoms with Gasteiger partial charge >= 0.3 is 13.6 Å². The molecule has 23 heavy (non-hydrogen) atoms. The van der Waals surface area contributed by atoms with Gasteiger partial charge in [-0.25, -0.2) is 4.79 Å². The van der Waals surface area contributed by atoms with Gasteiger partial charge in [-0.3, -0.25) is 4.57 Å². The van der Waals surface area contributed by atoms with Gasteiger partial charge in [0.15, 0.2) is 0 Å². The van der Waals surface area contributed by atoms with Crippen LogP contribution in [0.1, 0.15) is 37.0 Å². The molecule has 1 aromatic rings. The Morgan fingerprint density at radius 2 is 1.74 bits per heavy atom. The molecule has 0 fully saturated rings. The summed E-state index contributed by atoms with van der Waals surface area (Å²) in [6.45, 7) is 4.17. The molecule has 0 spiro atoms. The predicted molar refractivity (Wildman–Crippen MR) is 87.7 cm³/mol. The number of hydrogen-bond acceptors (Lipinski definition) is 6. The van der Waals surface area contributed by atoms with Crippen LogP contribution in [0.15, 0.2) is 30.3 Å². The Kier molecular flexibility index (Phi) is 9.10. The van der Waals surface area contributed by atoms with Crippen molar-refractivity contribution in [2.45, 2.75) is 32.8 Å². The molecule has 0 aliphatic rings. The van der Waals surface area contributed by atoms with Crippen molar-refractivity contribution in [1.29, 1.82) is 0 Å². The van der Waals surface area contributed by atoms with Gasteiger partial charge in [-0.1, -0.05) is 18.2 Å². The van der Waals surface area contributed by atoms with E-state index in [1.54, 1.807) is 38.1 Å². The molecule has 0 amide bonds. The fourth-order valence-corrected chi connectivity index (χ4v) is 3.69. The van der Waals surface area contributed by atoms with Crippen molar-refractivity contribution >= 4 is 13.6 Å². The molecule has 1 rings (SSSR count). The summed E-state index contributed by atoms with van der Waals surface area (Å²) >= 11 is 0. The van der Waals surface area contributed by atoms with Gasteiger partial charge in [0.05, 0.1) is 37.6 Å². The van der Waals surface area contributed by atoms with Gasteiger partial charge in [0.25, 0.3) is 0 Å². The molecule has 1 aromatic carbocycles. The van der Waals surface area contributed by atoms with E-state index in [0.717, 1.165) is 0 Å². The molecule has 1 N–H and O–H groups in total. The van der Waals surface area contributed by atoms with E-state index < -0.39 is 19.7 Å². The molecule has 1 unspecified atom stereocenters. The Bertz CT molecular complexity index is 495. The van der Waals surface area contributed by atoms with Crippen molar-refractivity contribution < 1.29 is 28.3 Å². The maximum Gasteiger partial charge on any atom is 0.338 e. The van der Waals surface area contributed by atoms with Crippen molar-refractivity contribution in [1.82, 2.24) is 0 Å². The third-order valence-electron chi connectivity index (χ3n) is 3.08. The Labute approximate surface area is 137 Å². The molecule has 7 heteroatoms. The van der Waals surface area contributed by atoms with Crippen LogP contribution in [0.3, 0.4) is 0 Å². The van der Waals surface area contributed by atoms with Gasteiger partial charge in [-0.05, 0) is 32.4 Å². The van der Waals surface area contributed by atoms with Crippen molar-refractivity contribution in [2.24, 2.45) is 0 Å². The van der Waals surface area contributed by atoms with Crippen LogP contribution in [0, 0.1) is 0 Å². The molecular weight excluding hydrogens is 319 g/mol. The van der Waals surface area contributed by atoms with Gasteiger partial charge in [-0.15, -0.1) is 0 Å². The minimum atomic E-state index is -3.14. The molecule has 130 valence electrons. The molecule has 0 saturated carbocycles. The molecule has 1 atom stereocenters. The average molecular weight is 344 g/mol. The molecule has 0 aliphatic heterocycles. The summed E-state index contributed by atoms with van der Waals surface area (Å²) in [5.41, 5.74) is 0.471. The van der Waals surface area contributed by atoms with Crippen LogP contribution in [0.2, 0.25) is 0 Å². The Hall–Kier alpha value is -1.20. The number of benzene rings is 1. The summed E-state index contributed by atoms with van der Waals surface area (Å²) in [4.78, 5) is 11.7. The summed E-state index contributed by atoms with van der Waals surface area (Å²) in [5.74, 6) is -0.424. The monoisotopic (exact) mass is 344 g/mol. The largest absolute Gasteiger partial charge is 0.462 e. The normalized spacial score (nSPS) is 12.8. The number of rotatable bonds is 11. The highest BCUT2D eigenvalue weighted by Gasteiger charge is 2.24. The zero-order valence-electron chi connectivity index (χ0n) is 13.6. The second-order valence-electron chi connectivity index (χ2n) is 4.90. The van der Waals surface area contributed by atoms with Gasteiger partial charge in [0, 0.05) is 6.42 Å². The van der Waals surface area contributed by atoms with Gasteiger partial charge in [0.2, 0.25) is 0 Å². The molecular formula is C16H25O6P. The third-order valence-corrected chi connectivity index (χ3v) is 5.19. The molecule has 0 saturated heterocycles. The summed E-state index contributed by atoms with van der Waals surface area (Å²) in [5, 5.41) is 9.91. The van der Waals surface area contributed by atoms with Crippen molar-refractivity contribution in [3.63, 3.8) is 0 Å². The number of carbonyl (C=O) groups is 1. The fourth-order valence-electron chi connectivity index (χ4n) is 1.96. The van der Waals surface area contributed by atoms with Crippen molar-refractivity contribution in [2.75, 3.05) is 26.0 Å². The van der Waals surface area contributed by atoms with Gasteiger partial charge in [0.1, 0.15) is 0 Å². The van der Waals surface area contributed by atoms with Crippen LogP contribution in [-0.2, 0) is 18.3 Å². The van der Waals surface area contributed by atoms with Crippen LogP contribution in [0.25, 0.3) is 0 Å². The summed E-state index contributed by atoms with van der Waals surface area (Å²) in [6, 6.07) is 8.66. The average Bonchev–Trinajstić information content (AvgIpc) is 2.54. The lowest BCUT2D eigenvalue weighted by Crippen LogP contribution is -2.15. The first-order valence-electron chi connectivity index (χ1n) is 7.79. The summed E-state index contributed by atoms with van der Waals surface area (Å²) in [7, 11) is -3.14. The standard InChI is InChI=1S/C16H25O6P/c1-3-21-23(19,22-4-2)13-11-15(17)10-12-20-16(18)14-8-6-5-7-9-14/h5-9,15,17H,3-4,10-13H2,1-2H3. The van der Waals surface area contributed by atoms with E-state index in [-0.39, 0.29) is 25.6 Å². The lowest BCUT2D eigenvalue weighted by Gasteiger charge is -2.18. The minimum Gasteiger partial charge on any atom is -0.462 e. The highest BCUT2D eigenvalue weighted by molar-refractivity contribution is 7.53. The van der Waals surface area contributed by atoms with Crippen LogP contribution in [0.4, 0.5) is 0 Å². The van der Waals surface area contributed by atoms with Crippen molar-refractivity contribution in [3.8, 4) is 0 Å². The number of ether oxygens (including phenoxy) is 1. The zero-order valence-corrected chi connectivity index (χ0v) is 14.5. The van der Waals surface area contributed by atoms with E-state index in [1.165, 1.54) is 0 Å². The molecule has 0 radical (unpaired) electrons. The summed E-state index contributed by atoms with van der Waals surface area (Å²) in [6.07, 6.45) is -0.0489. The van der Waals surface area contributed by atoms with E-state index in [4.69, 9.17) is 13.8 Å². The SMILES string of the molecule is CCOP(=O)(CCC(O)CCOC(=O)c1ccccc1)OCC. The first kappa shape index (κ1) is 19.8. The predicted octanol–water partition coefficient (Wildman–Crippen LogP) is 3.25. The highest BCUT2D eigenvalue weighted by Crippen LogP contribution is 2.48. The zero-order chi connectivity index (χ0) is 17.1. The van der Waals surface area contributed by atoms with Crippen LogP contribution < -0.4 is 0 Å². The smallest absolute Gasteiger partial charge is 0.338 e. The Morgan fingerprint density at radius 3 is 2.30 bits per heavy atom. The number of carbonyl (C=O) groups excluding carboxylic acids is 1. The highest BCUT2D eigenvalue weighted by atomic mass is 31.2. The first-order chi connectivity index (χ1) is 11.0. The Balaban J connectivity index is 2.30. The van der Waals surface area contributed by atoms with Gasteiger partial charge < -0.3 is 18.9 Å². The van der Waals surface area contributed by atoms with Crippen LogP contribution in [-0.4, -0.2) is 43.2 Å². The summed E-state index contributed by atoms with van der Waals surface area (Å²) < 4.78 is 27.7. The maximum absolute atomic E-state index is 12.2. The molecule has 0 aliphatic carbocycles. The molecule has 0 heterocycles. The van der Waals surface area contributed by atoms with E-state index in [1.807, 2.05) is 6.07 Å². The number of aliphatic hydroxyl groups excluding tert-OH is 1. The van der Waals surface area contributed by atoms with E-state index >= 15 is 0 Å². The van der Waals surface area contributed by atoms with E-state index in [2.05, 4.69) is 0 Å². The second-order valence-corrected chi connectivity index (χ2v) is 7.09.